The minimum absolute atomic E-state index is 0.0647. The Hall–Kier alpha value is -3.11. The first-order chi connectivity index (χ1) is 13.3. The number of aromatic nitrogens is 2. The quantitative estimate of drug-likeness (QED) is 0.581. The number of ether oxygens (including phenoxy) is 1. The Morgan fingerprint density at radius 2 is 1.75 bits per heavy atom. The van der Waals surface area contributed by atoms with Gasteiger partial charge in [-0.15, -0.1) is 0 Å². The third-order valence-electron chi connectivity index (χ3n) is 3.77. The van der Waals surface area contributed by atoms with Gasteiger partial charge in [-0.3, -0.25) is 0 Å². The number of nitrogens with zero attached hydrogens (tertiary/aromatic N) is 3. The molecule has 0 spiro atoms. The number of rotatable bonds is 6. The standard InChI is InChI=1S/C18H16FN3O5S/c1-22(2)28(24,25)15-9-5-13(6-10-15)18(23)26-11-16-20-17(21-27-16)12-3-7-14(19)8-4-12/h3-10H,11H2,1-2H3. The Balaban J connectivity index is 1.64. The minimum Gasteiger partial charge on any atom is -0.452 e. The zero-order valence-electron chi connectivity index (χ0n) is 15.0. The van der Waals surface area contributed by atoms with Gasteiger partial charge in [-0.1, -0.05) is 5.16 Å². The molecule has 146 valence electrons. The SMILES string of the molecule is CN(C)S(=O)(=O)c1ccc(C(=O)OCc2nc(-c3ccc(F)cc3)no2)cc1. The second-order valence-corrected chi connectivity index (χ2v) is 8.06. The molecular weight excluding hydrogens is 389 g/mol. The van der Waals surface area contributed by atoms with Gasteiger partial charge in [0.25, 0.3) is 5.89 Å². The maximum absolute atomic E-state index is 13.0. The van der Waals surface area contributed by atoms with Gasteiger partial charge in [-0.25, -0.2) is 21.9 Å². The van der Waals surface area contributed by atoms with Crippen molar-refractivity contribution in [3.8, 4) is 11.4 Å². The molecule has 0 atom stereocenters. The van der Waals surface area contributed by atoms with E-state index < -0.39 is 16.0 Å². The fraction of sp³-hybridized carbons (Fsp3) is 0.167. The summed E-state index contributed by atoms with van der Waals surface area (Å²) in [5.41, 5.74) is 0.733. The summed E-state index contributed by atoms with van der Waals surface area (Å²) in [5.74, 6) is -0.745. The average Bonchev–Trinajstić information content (AvgIpc) is 3.15. The van der Waals surface area contributed by atoms with Crippen molar-refractivity contribution < 1.29 is 26.9 Å². The number of hydrogen-bond acceptors (Lipinski definition) is 7. The monoisotopic (exact) mass is 405 g/mol. The van der Waals surface area contributed by atoms with Crippen LogP contribution < -0.4 is 0 Å². The molecule has 8 nitrogen and oxygen atoms in total. The van der Waals surface area contributed by atoms with Gasteiger partial charge < -0.3 is 9.26 Å². The Labute approximate surface area is 160 Å². The normalized spacial score (nSPS) is 11.6. The van der Waals surface area contributed by atoms with Gasteiger partial charge in [0.05, 0.1) is 10.5 Å². The summed E-state index contributed by atoms with van der Waals surface area (Å²) in [7, 11) is -0.739. The number of benzene rings is 2. The molecule has 28 heavy (non-hydrogen) atoms. The highest BCUT2D eigenvalue weighted by atomic mass is 32.2. The van der Waals surface area contributed by atoms with E-state index in [2.05, 4.69) is 10.1 Å². The Morgan fingerprint density at radius 3 is 2.36 bits per heavy atom. The lowest BCUT2D eigenvalue weighted by Crippen LogP contribution is -2.22. The van der Waals surface area contributed by atoms with Crippen LogP contribution in [0.3, 0.4) is 0 Å². The van der Waals surface area contributed by atoms with Crippen LogP contribution in [0.15, 0.2) is 57.9 Å². The molecule has 3 aromatic rings. The summed E-state index contributed by atoms with van der Waals surface area (Å²) in [6.07, 6.45) is 0. The first-order valence-corrected chi connectivity index (χ1v) is 9.49. The van der Waals surface area contributed by atoms with E-state index in [1.54, 1.807) is 0 Å². The van der Waals surface area contributed by atoms with Crippen LogP contribution in [0, 0.1) is 5.82 Å². The van der Waals surface area contributed by atoms with Crippen LogP contribution in [0.2, 0.25) is 0 Å². The van der Waals surface area contributed by atoms with Crippen molar-refractivity contribution in [1.82, 2.24) is 14.4 Å². The third kappa shape index (κ3) is 4.24. The molecule has 0 N–H and O–H groups in total. The molecule has 0 saturated carbocycles. The molecule has 0 bridgehead atoms. The summed E-state index contributed by atoms with van der Waals surface area (Å²) in [6, 6.07) is 10.9. The van der Waals surface area contributed by atoms with Crippen molar-refractivity contribution >= 4 is 16.0 Å². The zero-order valence-corrected chi connectivity index (χ0v) is 15.8. The lowest BCUT2D eigenvalue weighted by molar-refractivity contribution is 0.0429. The summed E-state index contributed by atoms with van der Waals surface area (Å²) in [6.45, 7) is -0.259. The number of halogens is 1. The van der Waals surface area contributed by atoms with Crippen molar-refractivity contribution in [1.29, 1.82) is 0 Å². The number of carbonyl (C=O) groups excluding carboxylic acids is 1. The summed E-state index contributed by atoms with van der Waals surface area (Å²) in [4.78, 5) is 16.3. The molecule has 0 aliphatic rings. The van der Waals surface area contributed by atoms with Crippen molar-refractivity contribution in [2.24, 2.45) is 0 Å². The Bertz CT molecular complexity index is 1080. The highest BCUT2D eigenvalue weighted by molar-refractivity contribution is 7.89. The van der Waals surface area contributed by atoms with E-state index in [9.17, 15) is 17.6 Å². The van der Waals surface area contributed by atoms with E-state index in [1.165, 1.54) is 62.6 Å². The van der Waals surface area contributed by atoms with E-state index in [-0.39, 0.29) is 34.6 Å². The number of carbonyl (C=O) groups is 1. The average molecular weight is 405 g/mol. The van der Waals surface area contributed by atoms with Crippen molar-refractivity contribution in [2.45, 2.75) is 11.5 Å². The molecule has 0 aliphatic heterocycles. The fourth-order valence-corrected chi connectivity index (χ4v) is 3.12. The molecule has 0 fully saturated rings. The molecule has 0 amide bonds. The molecule has 2 aromatic carbocycles. The van der Waals surface area contributed by atoms with Gasteiger partial charge in [0.1, 0.15) is 5.82 Å². The highest BCUT2D eigenvalue weighted by Gasteiger charge is 2.18. The van der Waals surface area contributed by atoms with Crippen LogP contribution in [-0.4, -0.2) is 42.9 Å². The molecule has 0 unspecified atom stereocenters. The lowest BCUT2D eigenvalue weighted by Gasteiger charge is -2.11. The van der Waals surface area contributed by atoms with Crippen LogP contribution >= 0.6 is 0 Å². The van der Waals surface area contributed by atoms with Crippen LogP contribution in [0.1, 0.15) is 16.2 Å². The number of sulfonamides is 1. The predicted octanol–water partition coefficient (Wildman–Crippen LogP) is 2.48. The topological polar surface area (TPSA) is 103 Å². The van der Waals surface area contributed by atoms with E-state index in [1.807, 2.05) is 0 Å². The molecule has 10 heteroatoms. The molecule has 0 radical (unpaired) electrons. The molecular formula is C18H16FN3O5S. The van der Waals surface area contributed by atoms with E-state index in [0.717, 1.165) is 4.31 Å². The van der Waals surface area contributed by atoms with E-state index >= 15 is 0 Å². The number of esters is 1. The first-order valence-electron chi connectivity index (χ1n) is 8.05. The third-order valence-corrected chi connectivity index (χ3v) is 5.60. The first kappa shape index (κ1) is 19.6. The van der Waals surface area contributed by atoms with Gasteiger partial charge in [-0.2, -0.15) is 4.98 Å². The summed E-state index contributed by atoms with van der Waals surface area (Å²) >= 11 is 0. The summed E-state index contributed by atoms with van der Waals surface area (Å²) < 4.78 is 48.2. The van der Waals surface area contributed by atoms with E-state index in [4.69, 9.17) is 9.26 Å². The Morgan fingerprint density at radius 1 is 1.11 bits per heavy atom. The van der Waals surface area contributed by atoms with Crippen molar-refractivity contribution in [3.05, 3.63) is 65.8 Å². The maximum atomic E-state index is 13.0. The van der Waals surface area contributed by atoms with Gasteiger partial charge in [0, 0.05) is 19.7 Å². The smallest absolute Gasteiger partial charge is 0.338 e. The molecule has 0 saturated heterocycles. The largest absolute Gasteiger partial charge is 0.452 e. The highest BCUT2D eigenvalue weighted by Crippen LogP contribution is 2.17. The van der Waals surface area contributed by atoms with Crippen LogP contribution in [0.5, 0.6) is 0 Å². The summed E-state index contributed by atoms with van der Waals surface area (Å²) in [5, 5.41) is 3.75. The van der Waals surface area contributed by atoms with Crippen LogP contribution in [0.4, 0.5) is 4.39 Å². The lowest BCUT2D eigenvalue weighted by atomic mass is 10.2. The minimum atomic E-state index is -3.58. The van der Waals surface area contributed by atoms with E-state index in [0.29, 0.717) is 5.56 Å². The van der Waals surface area contributed by atoms with Crippen LogP contribution in [-0.2, 0) is 21.4 Å². The molecule has 0 aliphatic carbocycles. The second-order valence-electron chi connectivity index (χ2n) is 5.91. The maximum Gasteiger partial charge on any atom is 0.338 e. The van der Waals surface area contributed by atoms with Crippen LogP contribution in [0.25, 0.3) is 11.4 Å². The Kier molecular flexibility index (Phi) is 5.52. The van der Waals surface area contributed by atoms with Gasteiger partial charge in [-0.05, 0) is 48.5 Å². The molecule has 1 aromatic heterocycles. The molecule has 3 rings (SSSR count). The fourth-order valence-electron chi connectivity index (χ4n) is 2.21. The second kappa shape index (κ2) is 7.87. The number of hydrogen-bond donors (Lipinski definition) is 0. The van der Waals surface area contributed by atoms with Gasteiger partial charge in [0.2, 0.25) is 15.8 Å². The van der Waals surface area contributed by atoms with Crippen molar-refractivity contribution in [3.63, 3.8) is 0 Å². The predicted molar refractivity (Wildman–Crippen MR) is 96.1 cm³/mol. The van der Waals surface area contributed by atoms with Gasteiger partial charge in [0.15, 0.2) is 6.61 Å². The van der Waals surface area contributed by atoms with Gasteiger partial charge >= 0.3 is 5.97 Å². The molecule has 1 heterocycles. The van der Waals surface area contributed by atoms with Crippen molar-refractivity contribution in [2.75, 3.05) is 14.1 Å². The zero-order chi connectivity index (χ0) is 20.3.